The summed E-state index contributed by atoms with van der Waals surface area (Å²) in [6, 6.07) is 0. The third-order valence-corrected chi connectivity index (χ3v) is 1.85. The van der Waals surface area contributed by atoms with E-state index in [1.54, 1.807) is 7.05 Å². The number of hydrogen-bond donors (Lipinski definition) is 2. The molecule has 0 rings (SSSR count). The fraction of sp³-hybridized carbons (Fsp3) is 1.00. The predicted molar refractivity (Wildman–Crippen MR) is 49.2 cm³/mol. The molecule has 0 fully saturated rings. The van der Waals surface area contributed by atoms with E-state index in [9.17, 15) is 0 Å². The van der Waals surface area contributed by atoms with Crippen LogP contribution in [-0.2, 0) is 0 Å². The molecule has 12 heavy (non-hydrogen) atoms. The van der Waals surface area contributed by atoms with Crippen LogP contribution in [0.2, 0.25) is 0 Å². The van der Waals surface area contributed by atoms with Crippen LogP contribution in [0.5, 0.6) is 0 Å². The summed E-state index contributed by atoms with van der Waals surface area (Å²) in [4.78, 5) is 0. The number of hydrogen-bond acceptors (Lipinski definition) is 3. The Morgan fingerprint density at radius 2 is 1.75 bits per heavy atom. The minimum absolute atomic E-state index is 0.162. The molecular weight excluding hydrogens is 154 g/mol. The first-order valence-corrected chi connectivity index (χ1v) is 4.71. The molecule has 0 aromatic carbocycles. The normalized spacial score (nSPS) is 13.8. The first-order valence-electron chi connectivity index (χ1n) is 4.71. The number of aliphatic hydroxyl groups excluding tert-OH is 1. The quantitative estimate of drug-likeness (QED) is 0.456. The van der Waals surface area contributed by atoms with Crippen molar-refractivity contribution in [1.29, 1.82) is 0 Å². The molecule has 0 saturated carbocycles. The Bertz CT molecular complexity index is 82.5. The van der Waals surface area contributed by atoms with Crippen LogP contribution in [0, 0.1) is 0 Å². The Labute approximate surface area is 75.0 Å². The molecule has 0 aliphatic heterocycles. The topological polar surface area (TPSA) is 43.7 Å². The number of hydroxylamine groups is 2. The maximum absolute atomic E-state index is 8.95. The molecule has 0 aliphatic carbocycles. The van der Waals surface area contributed by atoms with Gasteiger partial charge in [0.1, 0.15) is 0 Å². The maximum Gasteiger partial charge on any atom is 0.0512 e. The highest BCUT2D eigenvalue weighted by Gasteiger charge is 1.96. The highest BCUT2D eigenvalue weighted by molar-refractivity contribution is 4.49. The number of rotatable bonds is 7. The Morgan fingerprint density at radius 1 is 1.17 bits per heavy atom. The number of nitrogens with zero attached hydrogens (tertiary/aromatic N) is 1. The first kappa shape index (κ1) is 11.9. The molecule has 3 heteroatoms. The Kier molecular flexibility index (Phi) is 7.45. The summed E-state index contributed by atoms with van der Waals surface area (Å²) in [6.07, 6.45) is 5.15. The lowest BCUT2D eigenvalue weighted by Crippen LogP contribution is -2.13. The van der Waals surface area contributed by atoms with Crippen molar-refractivity contribution in [3.8, 4) is 0 Å². The summed E-state index contributed by atoms with van der Waals surface area (Å²) in [5.41, 5.74) is 0. The molecule has 1 atom stereocenters. The summed E-state index contributed by atoms with van der Waals surface area (Å²) >= 11 is 0. The van der Waals surface area contributed by atoms with Crippen molar-refractivity contribution in [2.45, 2.75) is 45.1 Å². The van der Waals surface area contributed by atoms with Crippen molar-refractivity contribution in [1.82, 2.24) is 5.06 Å². The third-order valence-electron chi connectivity index (χ3n) is 1.85. The van der Waals surface area contributed by atoms with Gasteiger partial charge in [0.05, 0.1) is 6.10 Å². The number of unbranched alkanes of at least 4 members (excludes halogenated alkanes) is 3. The highest BCUT2D eigenvalue weighted by Crippen LogP contribution is 2.05. The van der Waals surface area contributed by atoms with Crippen LogP contribution >= 0.6 is 0 Å². The smallest absolute Gasteiger partial charge is 0.0512 e. The summed E-state index contributed by atoms with van der Waals surface area (Å²) in [5.74, 6) is 0. The van der Waals surface area contributed by atoms with Gasteiger partial charge in [0.2, 0.25) is 0 Å². The fourth-order valence-electron chi connectivity index (χ4n) is 1.13. The second-order valence-corrected chi connectivity index (χ2v) is 3.43. The summed E-state index contributed by atoms with van der Waals surface area (Å²) < 4.78 is 0. The zero-order valence-electron chi connectivity index (χ0n) is 8.16. The average Bonchev–Trinajstić information content (AvgIpc) is 1.95. The van der Waals surface area contributed by atoms with Crippen molar-refractivity contribution in [3.05, 3.63) is 0 Å². The number of aliphatic hydroxyl groups is 1. The predicted octanol–water partition coefficient (Wildman–Crippen LogP) is 1.64. The molecule has 2 N–H and O–H groups in total. The highest BCUT2D eigenvalue weighted by atomic mass is 16.5. The van der Waals surface area contributed by atoms with E-state index in [4.69, 9.17) is 10.3 Å². The van der Waals surface area contributed by atoms with E-state index in [1.807, 2.05) is 6.92 Å². The molecule has 74 valence electrons. The monoisotopic (exact) mass is 175 g/mol. The minimum atomic E-state index is -0.162. The van der Waals surface area contributed by atoms with Crippen LogP contribution in [0.4, 0.5) is 0 Å². The second kappa shape index (κ2) is 7.53. The molecule has 0 heterocycles. The standard InChI is InChI=1S/C9H21NO2/c1-9(11)7-5-3-4-6-8-10(2)12/h9,11-12H,3-8H2,1-2H3. The van der Waals surface area contributed by atoms with Crippen molar-refractivity contribution in [3.63, 3.8) is 0 Å². The van der Waals surface area contributed by atoms with Gasteiger partial charge in [-0.3, -0.25) is 0 Å². The molecule has 3 nitrogen and oxygen atoms in total. The van der Waals surface area contributed by atoms with Crippen LogP contribution in [0.15, 0.2) is 0 Å². The Morgan fingerprint density at radius 3 is 2.25 bits per heavy atom. The zero-order valence-corrected chi connectivity index (χ0v) is 8.16. The molecule has 0 aliphatic rings. The van der Waals surface area contributed by atoms with E-state index in [0.29, 0.717) is 0 Å². The van der Waals surface area contributed by atoms with Crippen molar-refractivity contribution in [2.75, 3.05) is 13.6 Å². The molecule has 0 amide bonds. The fourth-order valence-corrected chi connectivity index (χ4v) is 1.13. The van der Waals surface area contributed by atoms with Gasteiger partial charge in [-0.1, -0.05) is 19.3 Å². The van der Waals surface area contributed by atoms with Gasteiger partial charge in [0, 0.05) is 13.6 Å². The van der Waals surface area contributed by atoms with E-state index < -0.39 is 0 Å². The molecule has 0 saturated heterocycles. The maximum atomic E-state index is 8.95. The van der Waals surface area contributed by atoms with Gasteiger partial charge >= 0.3 is 0 Å². The van der Waals surface area contributed by atoms with Gasteiger partial charge in [-0.25, -0.2) is 0 Å². The first-order chi connectivity index (χ1) is 5.63. The summed E-state index contributed by atoms with van der Waals surface area (Å²) in [5, 5.41) is 19.0. The minimum Gasteiger partial charge on any atom is -0.393 e. The second-order valence-electron chi connectivity index (χ2n) is 3.43. The van der Waals surface area contributed by atoms with E-state index in [0.717, 1.165) is 38.6 Å². The third kappa shape index (κ3) is 9.88. The zero-order chi connectivity index (χ0) is 9.40. The Hall–Kier alpha value is -0.120. The van der Waals surface area contributed by atoms with Gasteiger partial charge in [-0.15, -0.1) is 0 Å². The van der Waals surface area contributed by atoms with Gasteiger partial charge in [-0.05, 0) is 19.8 Å². The van der Waals surface area contributed by atoms with Crippen LogP contribution in [0.25, 0.3) is 0 Å². The molecular formula is C9H21NO2. The van der Waals surface area contributed by atoms with Gasteiger partial charge in [0.25, 0.3) is 0 Å². The molecule has 0 spiro atoms. The molecule has 0 bridgehead atoms. The van der Waals surface area contributed by atoms with E-state index in [-0.39, 0.29) is 6.10 Å². The lowest BCUT2D eigenvalue weighted by molar-refractivity contribution is -0.0656. The molecule has 0 aromatic heterocycles. The summed E-state index contributed by atoms with van der Waals surface area (Å²) in [7, 11) is 1.66. The molecule has 0 radical (unpaired) electrons. The van der Waals surface area contributed by atoms with Crippen LogP contribution in [0.1, 0.15) is 39.0 Å². The van der Waals surface area contributed by atoms with E-state index in [2.05, 4.69) is 0 Å². The Balaban J connectivity index is 2.91. The van der Waals surface area contributed by atoms with Gasteiger partial charge in [-0.2, -0.15) is 5.06 Å². The SMILES string of the molecule is CC(O)CCCCCCN(C)O. The summed E-state index contributed by atoms with van der Waals surface area (Å²) in [6.45, 7) is 2.57. The van der Waals surface area contributed by atoms with Crippen LogP contribution in [0.3, 0.4) is 0 Å². The largest absolute Gasteiger partial charge is 0.393 e. The molecule has 1 unspecified atom stereocenters. The van der Waals surface area contributed by atoms with Gasteiger partial charge in [0.15, 0.2) is 0 Å². The van der Waals surface area contributed by atoms with Gasteiger partial charge < -0.3 is 10.3 Å². The lowest BCUT2D eigenvalue weighted by atomic mass is 10.1. The van der Waals surface area contributed by atoms with Crippen molar-refractivity contribution < 1.29 is 10.3 Å². The van der Waals surface area contributed by atoms with Crippen molar-refractivity contribution >= 4 is 0 Å². The van der Waals surface area contributed by atoms with Crippen LogP contribution in [-0.4, -0.2) is 35.1 Å². The van der Waals surface area contributed by atoms with Crippen molar-refractivity contribution in [2.24, 2.45) is 0 Å². The van der Waals surface area contributed by atoms with E-state index >= 15 is 0 Å². The average molecular weight is 175 g/mol. The molecule has 0 aromatic rings. The van der Waals surface area contributed by atoms with Crippen LogP contribution < -0.4 is 0 Å². The lowest BCUT2D eigenvalue weighted by Gasteiger charge is -2.07. The van der Waals surface area contributed by atoms with E-state index in [1.165, 1.54) is 5.06 Å².